The van der Waals surface area contributed by atoms with Gasteiger partial charge in [-0.2, -0.15) is 13.2 Å². The maximum absolute atomic E-state index is 12.3. The first kappa shape index (κ1) is 16.6. The number of aliphatic hydroxyl groups excluding tert-OH is 1. The van der Waals surface area contributed by atoms with E-state index in [0.717, 1.165) is 32.1 Å². The molecule has 1 aliphatic carbocycles. The Hall–Kier alpha value is -0.720. The molecule has 1 aromatic carbocycles. The van der Waals surface area contributed by atoms with Crippen LogP contribution in [0.25, 0.3) is 0 Å². The monoisotopic (exact) mass is 319 g/mol. The van der Waals surface area contributed by atoms with Crippen molar-refractivity contribution in [3.05, 3.63) is 29.8 Å². The number of rotatable bonds is 4. The molecule has 2 rings (SSSR count). The average molecular weight is 319 g/mol. The van der Waals surface area contributed by atoms with Gasteiger partial charge in [0.2, 0.25) is 0 Å². The van der Waals surface area contributed by atoms with Crippen molar-refractivity contribution in [3.63, 3.8) is 0 Å². The summed E-state index contributed by atoms with van der Waals surface area (Å²) in [6.07, 6.45) is 4.24. The van der Waals surface area contributed by atoms with Gasteiger partial charge in [-0.15, -0.1) is 0 Å². The molecular weight excluding hydrogens is 299 g/mol. The molecule has 1 atom stereocenters. The van der Waals surface area contributed by atoms with Gasteiger partial charge in [-0.25, -0.2) is 0 Å². The molecule has 1 saturated carbocycles. The lowest BCUT2D eigenvalue weighted by molar-refractivity contribution is -0.0328. The molecule has 3 N–H and O–H groups in total. The van der Waals surface area contributed by atoms with Crippen LogP contribution < -0.4 is 5.73 Å². The summed E-state index contributed by atoms with van der Waals surface area (Å²) in [6.45, 7) is 0.396. The van der Waals surface area contributed by atoms with Crippen LogP contribution in [0.1, 0.15) is 43.8 Å². The molecule has 0 aliphatic heterocycles. The lowest BCUT2D eigenvalue weighted by atomic mass is 9.68. The Morgan fingerprint density at radius 3 is 2.19 bits per heavy atom. The summed E-state index contributed by atoms with van der Waals surface area (Å²) in [7, 11) is 0. The fraction of sp³-hybridized carbons (Fsp3) is 0.600. The molecule has 1 fully saturated rings. The van der Waals surface area contributed by atoms with E-state index >= 15 is 0 Å². The maximum atomic E-state index is 12.3. The minimum absolute atomic E-state index is 0.129. The lowest BCUT2D eigenvalue weighted by Gasteiger charge is -2.40. The van der Waals surface area contributed by atoms with Crippen molar-refractivity contribution in [2.45, 2.75) is 48.6 Å². The molecule has 118 valence electrons. The number of thioether (sulfide) groups is 1. The molecular formula is C15H20F3NOS. The molecule has 0 bridgehead atoms. The predicted molar refractivity (Wildman–Crippen MR) is 77.9 cm³/mol. The number of nitrogens with two attached hydrogens (primary N) is 1. The number of aliphatic hydroxyl groups is 1. The third-order valence-electron chi connectivity index (χ3n) is 4.27. The average Bonchev–Trinajstić information content (AvgIpc) is 2.46. The summed E-state index contributed by atoms with van der Waals surface area (Å²) in [5.41, 5.74) is 1.90. The molecule has 0 saturated heterocycles. The Labute approximate surface area is 126 Å². The van der Waals surface area contributed by atoms with Gasteiger partial charge in [0.1, 0.15) is 0 Å². The Bertz CT molecular complexity index is 455. The molecule has 1 aliphatic rings. The zero-order valence-electron chi connectivity index (χ0n) is 11.7. The van der Waals surface area contributed by atoms with Crippen molar-refractivity contribution < 1.29 is 18.3 Å². The third-order valence-corrected chi connectivity index (χ3v) is 5.00. The van der Waals surface area contributed by atoms with E-state index in [0.29, 0.717) is 12.1 Å². The molecule has 0 radical (unpaired) electrons. The van der Waals surface area contributed by atoms with E-state index in [4.69, 9.17) is 5.73 Å². The van der Waals surface area contributed by atoms with Gasteiger partial charge in [0.25, 0.3) is 0 Å². The van der Waals surface area contributed by atoms with Gasteiger partial charge in [0.15, 0.2) is 0 Å². The second kappa shape index (κ2) is 6.58. The van der Waals surface area contributed by atoms with Gasteiger partial charge >= 0.3 is 5.51 Å². The van der Waals surface area contributed by atoms with E-state index in [9.17, 15) is 18.3 Å². The number of halogens is 3. The van der Waals surface area contributed by atoms with Gasteiger partial charge in [0.05, 0.1) is 6.10 Å². The maximum Gasteiger partial charge on any atom is 0.446 e. The lowest BCUT2D eigenvalue weighted by Crippen LogP contribution is -2.38. The molecule has 0 aromatic heterocycles. The molecule has 0 amide bonds. The van der Waals surface area contributed by atoms with E-state index in [1.54, 1.807) is 12.1 Å². The molecule has 6 heteroatoms. The summed E-state index contributed by atoms with van der Waals surface area (Å²) in [5.74, 6) is 0. The predicted octanol–water partition coefficient (Wildman–Crippen LogP) is 4.24. The first-order valence-electron chi connectivity index (χ1n) is 7.10. The summed E-state index contributed by atoms with van der Waals surface area (Å²) >= 11 is -0.145. The van der Waals surface area contributed by atoms with Crippen LogP contribution in [-0.2, 0) is 0 Å². The topological polar surface area (TPSA) is 46.2 Å². The van der Waals surface area contributed by atoms with Crippen LogP contribution >= 0.6 is 11.8 Å². The van der Waals surface area contributed by atoms with Crippen molar-refractivity contribution in [2.75, 3.05) is 6.54 Å². The van der Waals surface area contributed by atoms with Crippen molar-refractivity contribution in [1.29, 1.82) is 0 Å². The molecule has 2 nitrogen and oxygen atoms in total. The molecule has 0 spiro atoms. The number of benzene rings is 1. The van der Waals surface area contributed by atoms with Gasteiger partial charge in [0, 0.05) is 16.9 Å². The minimum atomic E-state index is -4.29. The Kier molecular flexibility index (Phi) is 5.22. The van der Waals surface area contributed by atoms with Gasteiger partial charge in [-0.1, -0.05) is 31.4 Å². The van der Waals surface area contributed by atoms with Crippen molar-refractivity contribution in [3.8, 4) is 0 Å². The SMILES string of the molecule is NCC1(C(O)c2ccc(SC(F)(F)F)cc2)CCCCC1. The van der Waals surface area contributed by atoms with E-state index in [2.05, 4.69) is 0 Å². The summed E-state index contributed by atoms with van der Waals surface area (Å²) in [5, 5.41) is 10.6. The normalized spacial score (nSPS) is 20.2. The van der Waals surface area contributed by atoms with Gasteiger partial charge < -0.3 is 10.8 Å². The van der Waals surface area contributed by atoms with E-state index in [1.165, 1.54) is 12.1 Å². The number of hydrogen-bond donors (Lipinski definition) is 2. The quantitative estimate of drug-likeness (QED) is 0.816. The van der Waals surface area contributed by atoms with Crippen LogP contribution in [0.15, 0.2) is 29.2 Å². The van der Waals surface area contributed by atoms with Crippen molar-refractivity contribution in [2.24, 2.45) is 11.1 Å². The first-order valence-corrected chi connectivity index (χ1v) is 7.92. The zero-order chi connectivity index (χ0) is 15.5. The summed E-state index contributed by atoms with van der Waals surface area (Å²) in [6, 6.07) is 5.96. The third kappa shape index (κ3) is 4.14. The van der Waals surface area contributed by atoms with Crippen LogP contribution in [0.2, 0.25) is 0 Å². The van der Waals surface area contributed by atoms with Crippen molar-refractivity contribution in [1.82, 2.24) is 0 Å². The van der Waals surface area contributed by atoms with E-state index in [1.807, 2.05) is 0 Å². The highest BCUT2D eigenvalue weighted by Crippen LogP contribution is 2.45. The second-order valence-electron chi connectivity index (χ2n) is 5.65. The van der Waals surface area contributed by atoms with Gasteiger partial charge in [-0.3, -0.25) is 0 Å². The smallest absolute Gasteiger partial charge is 0.388 e. The molecule has 1 aromatic rings. The first-order chi connectivity index (χ1) is 9.86. The van der Waals surface area contributed by atoms with E-state index in [-0.39, 0.29) is 22.1 Å². The van der Waals surface area contributed by atoms with Crippen LogP contribution in [0.5, 0.6) is 0 Å². The van der Waals surface area contributed by atoms with Crippen molar-refractivity contribution >= 4 is 11.8 Å². The van der Waals surface area contributed by atoms with Crippen LogP contribution in [0.4, 0.5) is 13.2 Å². The molecule has 21 heavy (non-hydrogen) atoms. The van der Waals surface area contributed by atoms with Crippen LogP contribution in [-0.4, -0.2) is 17.2 Å². The summed E-state index contributed by atoms with van der Waals surface area (Å²) in [4.78, 5) is 0.129. The summed E-state index contributed by atoms with van der Waals surface area (Å²) < 4.78 is 36.9. The van der Waals surface area contributed by atoms with E-state index < -0.39 is 11.6 Å². The second-order valence-corrected chi connectivity index (χ2v) is 6.78. The largest absolute Gasteiger partial charge is 0.446 e. The number of hydrogen-bond acceptors (Lipinski definition) is 3. The van der Waals surface area contributed by atoms with Crippen LogP contribution in [0, 0.1) is 5.41 Å². The minimum Gasteiger partial charge on any atom is -0.388 e. The number of alkyl halides is 3. The fourth-order valence-corrected chi connectivity index (χ4v) is 3.59. The van der Waals surface area contributed by atoms with Crippen LogP contribution in [0.3, 0.4) is 0 Å². The highest BCUT2D eigenvalue weighted by molar-refractivity contribution is 8.00. The van der Waals surface area contributed by atoms with Gasteiger partial charge in [-0.05, 0) is 42.3 Å². The fourth-order valence-electron chi connectivity index (χ4n) is 3.05. The molecule has 0 heterocycles. The Balaban J connectivity index is 2.13. The Morgan fingerprint density at radius 1 is 1.14 bits per heavy atom. The Morgan fingerprint density at radius 2 is 1.71 bits per heavy atom. The highest BCUT2D eigenvalue weighted by Gasteiger charge is 2.38. The standard InChI is InChI=1S/C15H20F3NOS/c16-15(17,18)21-12-6-4-11(5-7-12)13(20)14(10-19)8-2-1-3-9-14/h4-7,13,20H,1-3,8-10,19H2. The molecule has 1 unspecified atom stereocenters. The zero-order valence-corrected chi connectivity index (χ0v) is 12.5. The highest BCUT2D eigenvalue weighted by atomic mass is 32.2.